The summed E-state index contributed by atoms with van der Waals surface area (Å²) in [4.78, 5) is 9.33. The van der Waals surface area contributed by atoms with Gasteiger partial charge >= 0.3 is 0 Å². The highest BCUT2D eigenvalue weighted by Gasteiger charge is 1.78. The predicted octanol–water partition coefficient (Wildman–Crippen LogP) is -0.574. The van der Waals surface area contributed by atoms with E-state index in [2.05, 4.69) is 10.4 Å². The summed E-state index contributed by atoms with van der Waals surface area (Å²) in [5.41, 5.74) is 0. The van der Waals surface area contributed by atoms with E-state index in [4.69, 9.17) is 0 Å². The van der Waals surface area contributed by atoms with Gasteiger partial charge in [0.15, 0.2) is 11.4 Å². The Bertz CT molecular complexity index is 88.9. The summed E-state index contributed by atoms with van der Waals surface area (Å²) >= 11 is 0. The number of nitro groups is 1. The number of nitrogens with one attached hydrogen (secondary N) is 1. The average molecular weight is 103 g/mol. The lowest BCUT2D eigenvalue weighted by atomic mass is 11.2. The third-order valence-corrected chi connectivity index (χ3v) is 0.281. The molecule has 7 heavy (non-hydrogen) atoms. The zero-order valence-electron chi connectivity index (χ0n) is 3.79. The van der Waals surface area contributed by atoms with Crippen LogP contribution in [0.1, 0.15) is 0 Å². The average Bonchev–Trinajstić information content (AvgIpc) is 1.61. The lowest BCUT2D eigenvalue weighted by Gasteiger charge is -1.74. The van der Waals surface area contributed by atoms with E-state index in [0.29, 0.717) is 0 Å². The van der Waals surface area contributed by atoms with Gasteiger partial charge in [0.05, 0.1) is 5.10 Å². The molecule has 0 aliphatic heterocycles. The first-order valence-corrected chi connectivity index (χ1v) is 1.61. The quantitative estimate of drug-likeness (QED) is 0.220. The van der Waals surface area contributed by atoms with E-state index in [-0.39, 0.29) is 0 Å². The highest BCUT2D eigenvalue weighted by atomic mass is 16.7. The molecule has 0 unspecified atom stereocenters. The van der Waals surface area contributed by atoms with E-state index in [1.807, 2.05) is 0 Å². The molecular formula is C2H5N3O2. The van der Waals surface area contributed by atoms with Crippen LogP contribution < -0.4 is 5.32 Å². The second-order valence-electron chi connectivity index (χ2n) is 0.771. The SMILES string of the molecule is CN/C=N/[N+](=O)[O-]. The van der Waals surface area contributed by atoms with Crippen molar-refractivity contribution < 1.29 is 5.03 Å². The van der Waals surface area contributed by atoms with Crippen molar-refractivity contribution in [3.05, 3.63) is 10.1 Å². The van der Waals surface area contributed by atoms with Gasteiger partial charge in [0.2, 0.25) is 0 Å². The third kappa shape index (κ3) is 4.87. The molecule has 0 amide bonds. The summed E-state index contributed by atoms with van der Waals surface area (Å²) in [5.74, 6) is 0. The van der Waals surface area contributed by atoms with Crippen LogP contribution >= 0.6 is 0 Å². The maximum Gasteiger partial charge on any atom is 0.192 e. The van der Waals surface area contributed by atoms with Crippen LogP contribution in [0.5, 0.6) is 0 Å². The van der Waals surface area contributed by atoms with Crippen LogP contribution in [0.15, 0.2) is 5.10 Å². The number of rotatable bonds is 2. The standard InChI is InChI=1S/C2H5N3O2/c1-3-2-4-5(6)7/h2H,1H3,(H,3,4). The highest BCUT2D eigenvalue weighted by Crippen LogP contribution is 1.60. The second kappa shape index (κ2) is 3.08. The number of hydrogen-bond acceptors (Lipinski definition) is 2. The Morgan fingerprint density at radius 2 is 2.57 bits per heavy atom. The molecule has 0 aliphatic rings. The maximum absolute atomic E-state index is 9.33. The molecule has 0 radical (unpaired) electrons. The third-order valence-electron chi connectivity index (χ3n) is 0.281. The molecule has 0 bridgehead atoms. The van der Waals surface area contributed by atoms with Gasteiger partial charge in [-0.3, -0.25) is 0 Å². The Labute approximate surface area is 40.2 Å². The summed E-state index contributed by atoms with van der Waals surface area (Å²) in [6.45, 7) is 0. The fourth-order valence-corrected chi connectivity index (χ4v) is 0.105. The first-order valence-electron chi connectivity index (χ1n) is 1.61. The number of hydrogen-bond donors (Lipinski definition) is 1. The van der Waals surface area contributed by atoms with E-state index < -0.39 is 5.03 Å². The van der Waals surface area contributed by atoms with Crippen molar-refractivity contribution in [2.75, 3.05) is 7.05 Å². The molecule has 40 valence electrons. The normalized spacial score (nSPS) is 9.29. The molecule has 5 heteroatoms. The molecule has 0 heterocycles. The maximum atomic E-state index is 9.33. The van der Waals surface area contributed by atoms with Gasteiger partial charge in [-0.15, -0.1) is 0 Å². The largest absolute Gasteiger partial charge is 0.374 e. The molecule has 0 aliphatic carbocycles. The van der Waals surface area contributed by atoms with Crippen LogP contribution in [-0.2, 0) is 0 Å². The summed E-state index contributed by atoms with van der Waals surface area (Å²) in [5, 5.41) is 13.6. The van der Waals surface area contributed by atoms with Crippen molar-refractivity contribution in [2.45, 2.75) is 0 Å². The van der Waals surface area contributed by atoms with E-state index in [1.54, 1.807) is 0 Å². The molecule has 0 saturated heterocycles. The molecule has 0 aromatic heterocycles. The van der Waals surface area contributed by atoms with E-state index in [1.165, 1.54) is 7.05 Å². The Morgan fingerprint density at radius 3 is 2.71 bits per heavy atom. The number of hydrazone groups is 1. The summed E-state index contributed by atoms with van der Waals surface area (Å²) in [6.07, 6.45) is 1.00. The van der Waals surface area contributed by atoms with Gasteiger partial charge in [-0.1, -0.05) is 0 Å². The van der Waals surface area contributed by atoms with Crippen LogP contribution in [0.25, 0.3) is 0 Å². The van der Waals surface area contributed by atoms with Crippen molar-refractivity contribution in [1.82, 2.24) is 5.32 Å². The predicted molar refractivity (Wildman–Crippen MR) is 24.5 cm³/mol. The van der Waals surface area contributed by atoms with E-state index in [0.717, 1.165) is 6.34 Å². The summed E-state index contributed by atoms with van der Waals surface area (Å²) in [6, 6.07) is 0. The van der Waals surface area contributed by atoms with Gasteiger partial charge in [-0.2, -0.15) is 0 Å². The second-order valence-corrected chi connectivity index (χ2v) is 0.771. The molecule has 0 spiro atoms. The van der Waals surface area contributed by atoms with Crippen LogP contribution in [0.4, 0.5) is 0 Å². The number of nitrogens with zero attached hydrogens (tertiary/aromatic N) is 2. The molecule has 0 aromatic rings. The van der Waals surface area contributed by atoms with Crippen molar-refractivity contribution in [1.29, 1.82) is 0 Å². The molecule has 5 nitrogen and oxygen atoms in total. The Morgan fingerprint density at radius 1 is 2.00 bits per heavy atom. The van der Waals surface area contributed by atoms with Crippen LogP contribution in [0.3, 0.4) is 0 Å². The minimum Gasteiger partial charge on any atom is -0.374 e. The van der Waals surface area contributed by atoms with E-state index >= 15 is 0 Å². The molecule has 0 rings (SSSR count). The molecule has 1 N–H and O–H groups in total. The topological polar surface area (TPSA) is 67.5 Å². The van der Waals surface area contributed by atoms with Gasteiger partial charge in [0.1, 0.15) is 0 Å². The lowest BCUT2D eigenvalue weighted by Crippen LogP contribution is -2.02. The van der Waals surface area contributed by atoms with Crippen molar-refractivity contribution >= 4 is 6.34 Å². The van der Waals surface area contributed by atoms with Crippen molar-refractivity contribution in [3.8, 4) is 0 Å². The molecule has 0 aromatic carbocycles. The fourth-order valence-electron chi connectivity index (χ4n) is 0.105. The van der Waals surface area contributed by atoms with Crippen molar-refractivity contribution in [2.24, 2.45) is 5.10 Å². The highest BCUT2D eigenvalue weighted by molar-refractivity contribution is 5.52. The Hall–Kier alpha value is -1.13. The molecule has 0 saturated carbocycles. The van der Waals surface area contributed by atoms with Crippen LogP contribution in [0, 0.1) is 10.1 Å². The van der Waals surface area contributed by atoms with Crippen molar-refractivity contribution in [3.63, 3.8) is 0 Å². The minimum absolute atomic E-state index is 0.781. The van der Waals surface area contributed by atoms with Crippen LogP contribution in [0.2, 0.25) is 0 Å². The molecular weight excluding hydrogens is 98.0 g/mol. The fraction of sp³-hybridized carbons (Fsp3) is 0.500. The zero-order chi connectivity index (χ0) is 5.70. The van der Waals surface area contributed by atoms with E-state index in [9.17, 15) is 10.1 Å². The first-order chi connectivity index (χ1) is 3.27. The first kappa shape index (κ1) is 5.87. The summed E-state index contributed by atoms with van der Waals surface area (Å²) < 4.78 is 0. The Kier molecular flexibility index (Phi) is 2.58. The van der Waals surface area contributed by atoms with Gasteiger partial charge < -0.3 is 5.32 Å². The Balaban J connectivity index is 3.26. The summed E-state index contributed by atoms with van der Waals surface area (Å²) in [7, 11) is 1.53. The van der Waals surface area contributed by atoms with Gasteiger partial charge in [0.25, 0.3) is 0 Å². The smallest absolute Gasteiger partial charge is 0.192 e. The molecule has 0 atom stereocenters. The molecule has 0 fully saturated rings. The van der Waals surface area contributed by atoms with Gasteiger partial charge in [-0.05, 0) is 0 Å². The van der Waals surface area contributed by atoms with Gasteiger partial charge in [0, 0.05) is 7.05 Å². The monoisotopic (exact) mass is 103 g/mol. The lowest BCUT2D eigenvalue weighted by molar-refractivity contribution is -0.484. The minimum atomic E-state index is -0.781. The van der Waals surface area contributed by atoms with Crippen LogP contribution in [-0.4, -0.2) is 18.4 Å². The van der Waals surface area contributed by atoms with Gasteiger partial charge in [-0.25, -0.2) is 10.1 Å². The zero-order valence-corrected chi connectivity index (χ0v) is 3.79.